The summed E-state index contributed by atoms with van der Waals surface area (Å²) in [6.07, 6.45) is 2.24. The van der Waals surface area contributed by atoms with Crippen molar-refractivity contribution in [3.63, 3.8) is 0 Å². The van der Waals surface area contributed by atoms with Crippen molar-refractivity contribution in [2.45, 2.75) is 12.8 Å². The van der Waals surface area contributed by atoms with E-state index in [1.807, 2.05) is 30.3 Å². The van der Waals surface area contributed by atoms with Gasteiger partial charge in [0.25, 0.3) is 5.91 Å². The summed E-state index contributed by atoms with van der Waals surface area (Å²) in [7, 11) is 0. The molecule has 1 saturated heterocycles. The van der Waals surface area contributed by atoms with E-state index in [0.29, 0.717) is 24.1 Å². The number of hydrogen-bond acceptors (Lipinski definition) is 4. The highest BCUT2D eigenvalue weighted by Gasteiger charge is 2.33. The quantitative estimate of drug-likeness (QED) is 0.515. The van der Waals surface area contributed by atoms with Crippen LogP contribution in [0.5, 0.6) is 11.5 Å². The maximum atomic E-state index is 12.4. The van der Waals surface area contributed by atoms with E-state index >= 15 is 0 Å². The van der Waals surface area contributed by atoms with Gasteiger partial charge in [0.05, 0.1) is 6.42 Å². The van der Waals surface area contributed by atoms with Crippen LogP contribution in [0.15, 0.2) is 54.1 Å². The van der Waals surface area contributed by atoms with Crippen LogP contribution in [0.25, 0.3) is 6.08 Å². The molecule has 2 aromatic carbocycles. The zero-order chi connectivity index (χ0) is 17.1. The van der Waals surface area contributed by atoms with Crippen molar-refractivity contribution >= 4 is 17.9 Å². The Morgan fingerprint density at radius 1 is 1.00 bits per heavy atom. The molecule has 1 heterocycles. The lowest BCUT2D eigenvalue weighted by Gasteiger charge is -2.13. The second kappa shape index (κ2) is 6.58. The number of benzene rings is 2. The molecule has 0 atom stereocenters. The molecule has 0 unspecified atom stereocenters. The van der Waals surface area contributed by atoms with E-state index in [9.17, 15) is 19.8 Å². The molecule has 0 saturated carbocycles. The number of carbonyl (C=O) groups is 2. The van der Waals surface area contributed by atoms with Gasteiger partial charge in [0, 0.05) is 12.1 Å². The van der Waals surface area contributed by atoms with E-state index in [1.165, 1.54) is 17.0 Å². The Morgan fingerprint density at radius 3 is 2.46 bits per heavy atom. The number of phenols is 2. The molecule has 0 spiro atoms. The maximum absolute atomic E-state index is 12.4. The molecule has 1 fully saturated rings. The van der Waals surface area contributed by atoms with Crippen molar-refractivity contribution in [3.8, 4) is 11.5 Å². The van der Waals surface area contributed by atoms with E-state index in [2.05, 4.69) is 0 Å². The van der Waals surface area contributed by atoms with Crippen molar-refractivity contribution in [1.29, 1.82) is 0 Å². The van der Waals surface area contributed by atoms with Crippen LogP contribution in [0.2, 0.25) is 0 Å². The van der Waals surface area contributed by atoms with Gasteiger partial charge in [-0.1, -0.05) is 36.4 Å². The van der Waals surface area contributed by atoms with Gasteiger partial charge in [-0.2, -0.15) is 0 Å². The van der Waals surface area contributed by atoms with Crippen molar-refractivity contribution in [2.75, 3.05) is 6.54 Å². The molecule has 1 aliphatic heterocycles. The minimum absolute atomic E-state index is 0.0509. The molecule has 3 rings (SSSR count). The number of aromatic hydroxyl groups is 2. The van der Waals surface area contributed by atoms with Gasteiger partial charge in [-0.25, -0.2) is 0 Å². The summed E-state index contributed by atoms with van der Waals surface area (Å²) in [6.45, 7) is 0.347. The Bertz CT molecular complexity index is 811. The second-order valence-electron chi connectivity index (χ2n) is 5.68. The SMILES string of the molecule is O=C1CC(=Cc2ccc(O)c(O)c2)C(=O)N1CCc1ccccc1. The molecule has 122 valence electrons. The molecule has 5 heteroatoms. The summed E-state index contributed by atoms with van der Waals surface area (Å²) in [6, 6.07) is 14.0. The predicted octanol–water partition coefficient (Wildman–Crippen LogP) is 2.48. The van der Waals surface area contributed by atoms with Gasteiger partial charge >= 0.3 is 0 Å². The first-order valence-electron chi connectivity index (χ1n) is 7.66. The minimum atomic E-state index is -0.302. The smallest absolute Gasteiger partial charge is 0.256 e. The molecule has 2 amide bonds. The van der Waals surface area contributed by atoms with Gasteiger partial charge in [0.15, 0.2) is 11.5 Å². The number of imide groups is 1. The molecule has 0 bridgehead atoms. The number of carbonyl (C=O) groups excluding carboxylic acids is 2. The van der Waals surface area contributed by atoms with Crippen molar-refractivity contribution in [1.82, 2.24) is 4.90 Å². The molecule has 0 aromatic heterocycles. The Balaban J connectivity index is 1.73. The van der Waals surface area contributed by atoms with Crippen LogP contribution in [-0.4, -0.2) is 33.5 Å². The molecular formula is C19H17NO4. The van der Waals surface area contributed by atoms with Gasteiger partial charge in [-0.05, 0) is 35.8 Å². The number of amides is 2. The monoisotopic (exact) mass is 323 g/mol. The topological polar surface area (TPSA) is 77.8 Å². The van der Waals surface area contributed by atoms with Crippen LogP contribution in [0, 0.1) is 0 Å². The van der Waals surface area contributed by atoms with Crippen LogP contribution >= 0.6 is 0 Å². The lowest BCUT2D eigenvalue weighted by atomic mass is 10.1. The Kier molecular flexibility index (Phi) is 4.33. The summed E-state index contributed by atoms with van der Waals surface area (Å²) in [4.78, 5) is 25.8. The van der Waals surface area contributed by atoms with Gasteiger partial charge in [-0.15, -0.1) is 0 Å². The summed E-state index contributed by atoms with van der Waals surface area (Å²) in [5.41, 5.74) is 2.02. The van der Waals surface area contributed by atoms with Crippen molar-refractivity contribution in [3.05, 3.63) is 65.2 Å². The minimum Gasteiger partial charge on any atom is -0.504 e. The second-order valence-corrected chi connectivity index (χ2v) is 5.68. The Labute approximate surface area is 139 Å². The Hall–Kier alpha value is -3.08. The van der Waals surface area contributed by atoms with Crippen molar-refractivity contribution < 1.29 is 19.8 Å². The lowest BCUT2D eigenvalue weighted by molar-refractivity contribution is -0.137. The van der Waals surface area contributed by atoms with Crippen LogP contribution in [0.3, 0.4) is 0 Å². The molecule has 1 aliphatic rings. The first kappa shape index (κ1) is 15.8. The van der Waals surface area contributed by atoms with Gasteiger partial charge in [-0.3, -0.25) is 14.5 Å². The number of nitrogens with zero attached hydrogens (tertiary/aromatic N) is 1. The largest absolute Gasteiger partial charge is 0.504 e. The summed E-state index contributed by atoms with van der Waals surface area (Å²) < 4.78 is 0. The molecule has 2 aromatic rings. The summed E-state index contributed by atoms with van der Waals surface area (Å²) >= 11 is 0. The first-order valence-corrected chi connectivity index (χ1v) is 7.66. The number of hydrogen-bond donors (Lipinski definition) is 2. The lowest BCUT2D eigenvalue weighted by Crippen LogP contribution is -2.31. The van der Waals surface area contributed by atoms with Gasteiger partial charge in [0.1, 0.15) is 0 Å². The zero-order valence-corrected chi connectivity index (χ0v) is 13.0. The maximum Gasteiger partial charge on any atom is 0.256 e. The number of likely N-dealkylation sites (tertiary alicyclic amines) is 1. The van der Waals surface area contributed by atoms with Gasteiger partial charge < -0.3 is 10.2 Å². The molecule has 0 radical (unpaired) electrons. The van der Waals surface area contributed by atoms with Crippen LogP contribution in [0.4, 0.5) is 0 Å². The molecule has 5 nitrogen and oxygen atoms in total. The average molecular weight is 323 g/mol. The van der Waals surface area contributed by atoms with Crippen LogP contribution in [-0.2, 0) is 16.0 Å². The summed E-state index contributed by atoms with van der Waals surface area (Å²) in [5.74, 6) is -1.01. The van der Waals surface area contributed by atoms with Crippen LogP contribution in [0.1, 0.15) is 17.5 Å². The van der Waals surface area contributed by atoms with E-state index in [1.54, 1.807) is 12.1 Å². The number of phenolic OH excluding ortho intramolecular Hbond substituents is 2. The normalized spacial score (nSPS) is 16.2. The molecule has 0 aliphatic carbocycles. The van der Waals surface area contributed by atoms with E-state index in [4.69, 9.17) is 0 Å². The zero-order valence-electron chi connectivity index (χ0n) is 13.0. The fraction of sp³-hybridized carbons (Fsp3) is 0.158. The third kappa shape index (κ3) is 3.30. The summed E-state index contributed by atoms with van der Waals surface area (Å²) in [5, 5.41) is 18.8. The van der Waals surface area contributed by atoms with E-state index < -0.39 is 0 Å². The highest BCUT2D eigenvalue weighted by atomic mass is 16.3. The highest BCUT2D eigenvalue weighted by molar-refractivity contribution is 6.15. The van der Waals surface area contributed by atoms with Gasteiger partial charge in [0.2, 0.25) is 5.91 Å². The predicted molar refractivity (Wildman–Crippen MR) is 89.2 cm³/mol. The fourth-order valence-electron chi connectivity index (χ4n) is 2.68. The van der Waals surface area contributed by atoms with E-state index in [0.717, 1.165) is 5.56 Å². The molecule has 2 N–H and O–H groups in total. The standard InChI is InChI=1S/C19H17NO4/c21-16-7-6-14(11-17(16)22)10-15-12-18(23)20(19(15)24)9-8-13-4-2-1-3-5-13/h1-7,10-11,21-22H,8-9,12H2. The van der Waals surface area contributed by atoms with E-state index in [-0.39, 0.29) is 29.7 Å². The van der Waals surface area contributed by atoms with Crippen molar-refractivity contribution in [2.24, 2.45) is 0 Å². The molecule has 24 heavy (non-hydrogen) atoms. The average Bonchev–Trinajstić information content (AvgIpc) is 2.84. The van der Waals surface area contributed by atoms with Crippen LogP contribution < -0.4 is 0 Å². The Morgan fingerprint density at radius 2 is 1.75 bits per heavy atom. The highest BCUT2D eigenvalue weighted by Crippen LogP contribution is 2.28. The molecular weight excluding hydrogens is 306 g/mol. The fourth-order valence-corrected chi connectivity index (χ4v) is 2.68. The third-order valence-corrected chi connectivity index (χ3v) is 3.97. The first-order chi connectivity index (χ1) is 11.5. The third-order valence-electron chi connectivity index (χ3n) is 3.97. The number of rotatable bonds is 4.